The van der Waals surface area contributed by atoms with E-state index in [2.05, 4.69) is 41.5 Å². The second kappa shape index (κ2) is 7.15. The van der Waals surface area contributed by atoms with Crippen LogP contribution in [0.15, 0.2) is 42.7 Å². The molecule has 100 valence electrons. The highest BCUT2D eigenvalue weighted by atomic mass is 35.5. The number of benzene rings is 1. The molecule has 1 heterocycles. The molecule has 1 aromatic heterocycles. The Morgan fingerprint density at radius 2 is 1.95 bits per heavy atom. The molecule has 0 unspecified atom stereocenters. The number of unbranched alkanes of at least 4 members (excludes halogenated alkanes) is 1. The molecule has 0 radical (unpaired) electrons. The van der Waals surface area contributed by atoms with Gasteiger partial charge in [0.25, 0.3) is 0 Å². The van der Waals surface area contributed by atoms with Crippen LogP contribution in [0.3, 0.4) is 0 Å². The Hall–Kier alpha value is -1.54. The Balaban J connectivity index is 1.91. The van der Waals surface area contributed by atoms with E-state index >= 15 is 0 Å². The number of anilines is 1. The molecule has 0 bridgehead atoms. The van der Waals surface area contributed by atoms with Crippen molar-refractivity contribution in [3.63, 3.8) is 0 Å². The molecule has 3 heteroatoms. The first-order valence-corrected chi connectivity index (χ1v) is 7.08. The number of rotatable bonds is 6. The minimum absolute atomic E-state index is 0.703. The third-order valence-electron chi connectivity index (χ3n) is 3.11. The number of pyridine rings is 1. The number of hydrogen-bond acceptors (Lipinski definition) is 2. The summed E-state index contributed by atoms with van der Waals surface area (Å²) < 4.78 is 0. The summed E-state index contributed by atoms with van der Waals surface area (Å²) in [7, 11) is 0. The minimum Gasteiger partial charge on any atom is -0.381 e. The molecule has 0 amide bonds. The van der Waals surface area contributed by atoms with Gasteiger partial charge in [0.15, 0.2) is 0 Å². The van der Waals surface area contributed by atoms with Crippen molar-refractivity contribution in [3.8, 4) is 0 Å². The van der Waals surface area contributed by atoms with E-state index in [4.69, 9.17) is 11.6 Å². The number of nitrogens with zero attached hydrogens (tertiary/aromatic N) is 1. The van der Waals surface area contributed by atoms with Gasteiger partial charge in [0.1, 0.15) is 0 Å². The van der Waals surface area contributed by atoms with E-state index in [0.717, 1.165) is 24.2 Å². The van der Waals surface area contributed by atoms with E-state index in [0.29, 0.717) is 5.02 Å². The number of aryl methyl sites for hydroxylation is 1. The fourth-order valence-electron chi connectivity index (χ4n) is 1.91. The number of nitrogens with one attached hydrogen (secondary N) is 1. The van der Waals surface area contributed by atoms with Crippen LogP contribution in [0.1, 0.15) is 30.9 Å². The molecule has 19 heavy (non-hydrogen) atoms. The van der Waals surface area contributed by atoms with Crippen LogP contribution in [0.5, 0.6) is 0 Å². The van der Waals surface area contributed by atoms with Crippen molar-refractivity contribution in [1.29, 1.82) is 0 Å². The van der Waals surface area contributed by atoms with Crippen LogP contribution in [-0.2, 0) is 13.0 Å². The fourth-order valence-corrected chi connectivity index (χ4v) is 2.10. The van der Waals surface area contributed by atoms with Gasteiger partial charge >= 0.3 is 0 Å². The Morgan fingerprint density at radius 3 is 2.63 bits per heavy atom. The van der Waals surface area contributed by atoms with Crippen LogP contribution in [-0.4, -0.2) is 4.98 Å². The van der Waals surface area contributed by atoms with Crippen LogP contribution in [0, 0.1) is 0 Å². The minimum atomic E-state index is 0.703. The number of halogens is 1. The van der Waals surface area contributed by atoms with Crippen LogP contribution < -0.4 is 5.32 Å². The van der Waals surface area contributed by atoms with Gasteiger partial charge in [-0.2, -0.15) is 0 Å². The highest BCUT2D eigenvalue weighted by molar-refractivity contribution is 6.31. The van der Waals surface area contributed by atoms with Crippen molar-refractivity contribution in [1.82, 2.24) is 4.98 Å². The Kier molecular flexibility index (Phi) is 5.22. The number of aromatic nitrogens is 1. The fraction of sp³-hybridized carbons (Fsp3) is 0.312. The molecular formula is C16H19ClN2. The molecule has 0 aliphatic rings. The smallest absolute Gasteiger partial charge is 0.0639 e. The third-order valence-corrected chi connectivity index (χ3v) is 3.45. The molecule has 1 N–H and O–H groups in total. The molecule has 0 aliphatic carbocycles. The maximum absolute atomic E-state index is 6.07. The molecule has 2 nitrogen and oxygen atoms in total. The molecule has 0 aliphatic heterocycles. The summed E-state index contributed by atoms with van der Waals surface area (Å²) in [5, 5.41) is 4.08. The molecular weight excluding hydrogens is 256 g/mol. The molecule has 0 fully saturated rings. The number of hydrogen-bond donors (Lipinski definition) is 1. The lowest BCUT2D eigenvalue weighted by molar-refractivity contribution is 0.795. The van der Waals surface area contributed by atoms with Crippen molar-refractivity contribution >= 4 is 17.3 Å². The summed E-state index contributed by atoms with van der Waals surface area (Å²) in [6.07, 6.45) is 7.08. The summed E-state index contributed by atoms with van der Waals surface area (Å²) in [4.78, 5) is 3.98. The predicted molar refractivity (Wildman–Crippen MR) is 81.6 cm³/mol. The summed E-state index contributed by atoms with van der Waals surface area (Å²) in [5.74, 6) is 0. The zero-order chi connectivity index (χ0) is 13.5. The quantitative estimate of drug-likeness (QED) is 0.827. The maximum atomic E-state index is 6.07. The predicted octanol–water partition coefficient (Wildman–Crippen LogP) is 4.69. The summed E-state index contributed by atoms with van der Waals surface area (Å²) in [6.45, 7) is 2.93. The van der Waals surface area contributed by atoms with Crippen LogP contribution in [0.2, 0.25) is 5.02 Å². The molecule has 2 aromatic rings. The normalized spacial score (nSPS) is 10.4. The van der Waals surface area contributed by atoms with Gasteiger partial charge in [0, 0.05) is 24.6 Å². The van der Waals surface area contributed by atoms with E-state index in [1.54, 1.807) is 12.4 Å². The molecule has 0 saturated carbocycles. The van der Waals surface area contributed by atoms with Crippen LogP contribution in [0.4, 0.5) is 5.69 Å². The zero-order valence-corrected chi connectivity index (χ0v) is 12.0. The monoisotopic (exact) mass is 274 g/mol. The van der Waals surface area contributed by atoms with Gasteiger partial charge in [0.2, 0.25) is 0 Å². The molecule has 0 saturated heterocycles. The van der Waals surface area contributed by atoms with Crippen molar-refractivity contribution in [2.45, 2.75) is 32.7 Å². The van der Waals surface area contributed by atoms with Crippen molar-refractivity contribution in [3.05, 3.63) is 58.9 Å². The summed E-state index contributed by atoms with van der Waals surface area (Å²) in [6, 6.07) is 10.6. The van der Waals surface area contributed by atoms with Gasteiger partial charge in [-0.3, -0.25) is 4.98 Å². The van der Waals surface area contributed by atoms with E-state index in [-0.39, 0.29) is 0 Å². The van der Waals surface area contributed by atoms with Gasteiger partial charge in [0.05, 0.1) is 5.02 Å². The van der Waals surface area contributed by atoms with Crippen molar-refractivity contribution in [2.24, 2.45) is 0 Å². The van der Waals surface area contributed by atoms with Gasteiger partial charge in [-0.1, -0.05) is 37.1 Å². The maximum Gasteiger partial charge on any atom is 0.0639 e. The standard InChI is InChI=1S/C16H19ClN2/c1-2-3-4-13-5-7-15(8-6-13)19-11-14-9-10-18-12-16(14)17/h5-10,12,19H,2-4,11H2,1H3. The van der Waals surface area contributed by atoms with Gasteiger partial charge in [-0.05, 0) is 42.2 Å². The lowest BCUT2D eigenvalue weighted by Crippen LogP contribution is -2.00. The van der Waals surface area contributed by atoms with Gasteiger partial charge in [-0.15, -0.1) is 0 Å². The Morgan fingerprint density at radius 1 is 1.16 bits per heavy atom. The second-order valence-electron chi connectivity index (χ2n) is 4.62. The van der Waals surface area contributed by atoms with Crippen molar-refractivity contribution in [2.75, 3.05) is 5.32 Å². The van der Waals surface area contributed by atoms with Crippen LogP contribution >= 0.6 is 11.6 Å². The molecule has 1 aromatic carbocycles. The average molecular weight is 275 g/mol. The summed E-state index contributed by atoms with van der Waals surface area (Å²) >= 11 is 6.07. The first kappa shape index (κ1) is 13.9. The molecule has 0 atom stereocenters. The largest absolute Gasteiger partial charge is 0.381 e. The van der Waals surface area contributed by atoms with E-state index < -0.39 is 0 Å². The van der Waals surface area contributed by atoms with Crippen LogP contribution in [0.25, 0.3) is 0 Å². The zero-order valence-electron chi connectivity index (χ0n) is 11.2. The lowest BCUT2D eigenvalue weighted by atomic mass is 10.1. The average Bonchev–Trinajstić information content (AvgIpc) is 2.45. The third kappa shape index (κ3) is 4.25. The first-order valence-electron chi connectivity index (χ1n) is 6.71. The second-order valence-corrected chi connectivity index (χ2v) is 5.03. The molecule has 2 rings (SSSR count). The highest BCUT2D eigenvalue weighted by Crippen LogP contribution is 2.16. The van der Waals surface area contributed by atoms with E-state index in [1.807, 2.05) is 6.07 Å². The van der Waals surface area contributed by atoms with Gasteiger partial charge < -0.3 is 5.32 Å². The first-order chi connectivity index (χ1) is 9.29. The van der Waals surface area contributed by atoms with Crippen molar-refractivity contribution < 1.29 is 0 Å². The summed E-state index contributed by atoms with van der Waals surface area (Å²) in [5.41, 5.74) is 3.58. The van der Waals surface area contributed by atoms with Gasteiger partial charge in [-0.25, -0.2) is 0 Å². The molecule has 0 spiro atoms. The van der Waals surface area contributed by atoms with E-state index in [1.165, 1.54) is 18.4 Å². The highest BCUT2D eigenvalue weighted by Gasteiger charge is 1.99. The Labute approximate surface area is 119 Å². The SMILES string of the molecule is CCCCc1ccc(NCc2ccncc2Cl)cc1. The lowest BCUT2D eigenvalue weighted by Gasteiger charge is -2.08. The van der Waals surface area contributed by atoms with E-state index in [9.17, 15) is 0 Å². The topological polar surface area (TPSA) is 24.9 Å². The Bertz CT molecular complexity index is 508.